The summed E-state index contributed by atoms with van der Waals surface area (Å²) in [6, 6.07) is 4.89. The van der Waals surface area contributed by atoms with E-state index in [1.165, 1.54) is 17.8 Å². The molecule has 1 fully saturated rings. The maximum atomic E-state index is 12.8. The van der Waals surface area contributed by atoms with Gasteiger partial charge < -0.3 is 10.6 Å². The molecule has 1 aromatic rings. The number of carbonyl (C=O) groups excluding carboxylic acids is 1. The topological polar surface area (TPSA) is 89.5 Å². The number of rotatable bonds is 7. The van der Waals surface area contributed by atoms with E-state index in [4.69, 9.17) is 5.73 Å². The fraction of sp³-hybridized carbons (Fsp3) is 0.632. The molecular formula is C19H29N3O3S. The average Bonchev–Trinajstić information content (AvgIpc) is 2.61. The number of nitro benzene ring substituents is 1. The van der Waals surface area contributed by atoms with Crippen molar-refractivity contribution in [1.82, 2.24) is 4.90 Å². The van der Waals surface area contributed by atoms with Crippen molar-refractivity contribution >= 4 is 23.4 Å². The molecule has 0 saturated carbocycles. The minimum atomic E-state index is -0.393. The molecule has 0 spiro atoms. The van der Waals surface area contributed by atoms with Crippen LogP contribution < -0.4 is 5.73 Å². The first-order valence-corrected chi connectivity index (χ1v) is 10.2. The Balaban J connectivity index is 2.15. The van der Waals surface area contributed by atoms with Crippen molar-refractivity contribution in [3.05, 3.63) is 33.9 Å². The first kappa shape index (κ1) is 20.7. The second-order valence-corrected chi connectivity index (χ2v) is 8.62. The van der Waals surface area contributed by atoms with Gasteiger partial charge in [-0.15, -0.1) is 11.8 Å². The van der Waals surface area contributed by atoms with Crippen LogP contribution in [0, 0.1) is 22.0 Å². The minimum Gasteiger partial charge on any atom is -0.338 e. The van der Waals surface area contributed by atoms with Crippen molar-refractivity contribution < 1.29 is 9.72 Å². The smallest absolute Gasteiger partial charge is 0.283 e. The van der Waals surface area contributed by atoms with Gasteiger partial charge in [-0.2, -0.15) is 0 Å². The largest absolute Gasteiger partial charge is 0.338 e. The number of thioether (sulfide) groups is 1. The first-order valence-electron chi connectivity index (χ1n) is 9.25. The summed E-state index contributed by atoms with van der Waals surface area (Å²) >= 11 is 1.48. The Bertz CT molecular complexity index is 649. The van der Waals surface area contributed by atoms with Gasteiger partial charge in [0.2, 0.25) is 0 Å². The lowest BCUT2D eigenvalue weighted by Gasteiger charge is -2.34. The standard InChI is InChI=1S/C19H29N3O3S/c1-13(2)8-10-26-18-7-6-15(11-17(18)22(24)25)19(23)21-9-4-5-16(12-21)14(3)20/h6-7,11,13-14,16H,4-5,8-10,12,20H2,1-3H3. The van der Waals surface area contributed by atoms with E-state index in [1.54, 1.807) is 17.0 Å². The lowest BCUT2D eigenvalue weighted by molar-refractivity contribution is -0.387. The number of likely N-dealkylation sites (tertiary alicyclic amines) is 1. The van der Waals surface area contributed by atoms with Gasteiger partial charge in [-0.05, 0) is 55.9 Å². The third-order valence-corrected chi connectivity index (χ3v) is 5.94. The minimum absolute atomic E-state index is 0.0189. The Kier molecular flexibility index (Phi) is 7.46. The highest BCUT2D eigenvalue weighted by atomic mass is 32.2. The Morgan fingerprint density at radius 1 is 1.42 bits per heavy atom. The first-order chi connectivity index (χ1) is 12.3. The van der Waals surface area contributed by atoms with E-state index in [0.29, 0.717) is 29.5 Å². The summed E-state index contributed by atoms with van der Waals surface area (Å²) in [5.74, 6) is 1.53. The van der Waals surface area contributed by atoms with Crippen LogP contribution in [0.2, 0.25) is 0 Å². The third-order valence-electron chi connectivity index (χ3n) is 4.84. The number of nitrogens with two attached hydrogens (primary N) is 1. The molecule has 0 radical (unpaired) electrons. The number of piperidine rings is 1. The van der Waals surface area contributed by atoms with Crippen molar-refractivity contribution in [2.24, 2.45) is 17.6 Å². The Morgan fingerprint density at radius 2 is 2.15 bits per heavy atom. The van der Waals surface area contributed by atoms with Crippen molar-refractivity contribution in [2.45, 2.75) is 51.0 Å². The monoisotopic (exact) mass is 379 g/mol. The molecule has 1 amide bonds. The molecule has 0 bridgehead atoms. The van der Waals surface area contributed by atoms with Crippen molar-refractivity contribution in [2.75, 3.05) is 18.8 Å². The van der Waals surface area contributed by atoms with Gasteiger partial charge in [0.15, 0.2) is 0 Å². The molecule has 2 atom stereocenters. The zero-order chi connectivity index (χ0) is 19.3. The summed E-state index contributed by atoms with van der Waals surface area (Å²) in [5.41, 5.74) is 6.39. The van der Waals surface area contributed by atoms with E-state index >= 15 is 0 Å². The van der Waals surface area contributed by atoms with E-state index < -0.39 is 4.92 Å². The summed E-state index contributed by atoms with van der Waals surface area (Å²) in [4.78, 5) is 26.3. The molecule has 2 N–H and O–H groups in total. The number of carbonyl (C=O) groups is 1. The molecule has 6 nitrogen and oxygen atoms in total. The predicted molar refractivity (Wildman–Crippen MR) is 106 cm³/mol. The molecule has 7 heteroatoms. The number of benzene rings is 1. The van der Waals surface area contributed by atoms with Gasteiger partial charge in [-0.25, -0.2) is 0 Å². The van der Waals surface area contributed by atoms with Crippen LogP contribution in [0.3, 0.4) is 0 Å². The summed E-state index contributed by atoms with van der Waals surface area (Å²) in [5, 5.41) is 11.5. The van der Waals surface area contributed by atoms with Crippen LogP contribution in [0.1, 0.15) is 50.4 Å². The van der Waals surface area contributed by atoms with E-state index in [0.717, 1.165) is 25.0 Å². The summed E-state index contributed by atoms with van der Waals surface area (Å²) in [6.45, 7) is 7.53. The van der Waals surface area contributed by atoms with Gasteiger partial charge in [-0.1, -0.05) is 13.8 Å². The Hall–Kier alpha value is -1.60. The fourth-order valence-electron chi connectivity index (χ4n) is 3.13. The van der Waals surface area contributed by atoms with Gasteiger partial charge in [-0.3, -0.25) is 14.9 Å². The number of nitrogens with zero attached hydrogens (tertiary/aromatic N) is 2. The Labute approximate surface area is 159 Å². The van der Waals surface area contributed by atoms with Gasteiger partial charge in [0, 0.05) is 30.8 Å². The average molecular weight is 380 g/mol. The predicted octanol–water partition coefficient (Wildman–Crippen LogP) is 3.93. The SMILES string of the molecule is CC(C)CCSc1ccc(C(=O)N2CCCC(C(C)N)C2)cc1[N+](=O)[O-]. The Morgan fingerprint density at radius 3 is 2.77 bits per heavy atom. The fourth-order valence-corrected chi connectivity index (χ4v) is 4.38. The highest BCUT2D eigenvalue weighted by Gasteiger charge is 2.27. The van der Waals surface area contributed by atoms with E-state index in [9.17, 15) is 14.9 Å². The molecule has 1 aliphatic rings. The maximum absolute atomic E-state index is 12.8. The van der Waals surface area contributed by atoms with E-state index in [1.807, 2.05) is 6.92 Å². The number of amides is 1. The van der Waals surface area contributed by atoms with Crippen LogP contribution in [0.4, 0.5) is 5.69 Å². The van der Waals surface area contributed by atoms with Crippen LogP contribution in [0.15, 0.2) is 23.1 Å². The van der Waals surface area contributed by atoms with Crippen molar-refractivity contribution in [3.8, 4) is 0 Å². The molecule has 0 aromatic heterocycles. The number of hydrogen-bond donors (Lipinski definition) is 1. The van der Waals surface area contributed by atoms with Crippen LogP contribution in [0.5, 0.6) is 0 Å². The van der Waals surface area contributed by atoms with Crippen LogP contribution in [0.25, 0.3) is 0 Å². The number of nitro groups is 1. The number of hydrogen-bond acceptors (Lipinski definition) is 5. The molecule has 1 aromatic carbocycles. The molecular weight excluding hydrogens is 350 g/mol. The van der Waals surface area contributed by atoms with E-state index in [2.05, 4.69) is 13.8 Å². The molecule has 1 aliphatic heterocycles. The van der Waals surface area contributed by atoms with Crippen LogP contribution in [-0.4, -0.2) is 40.6 Å². The molecule has 2 unspecified atom stereocenters. The molecule has 26 heavy (non-hydrogen) atoms. The highest BCUT2D eigenvalue weighted by Crippen LogP contribution is 2.32. The molecule has 144 valence electrons. The molecule has 1 heterocycles. The maximum Gasteiger partial charge on any atom is 0.283 e. The molecule has 2 rings (SSSR count). The van der Waals surface area contributed by atoms with Crippen LogP contribution in [-0.2, 0) is 0 Å². The highest BCUT2D eigenvalue weighted by molar-refractivity contribution is 7.99. The van der Waals surface area contributed by atoms with Gasteiger partial charge >= 0.3 is 0 Å². The molecule has 0 aliphatic carbocycles. The third kappa shape index (κ3) is 5.45. The second kappa shape index (κ2) is 9.37. The summed E-state index contributed by atoms with van der Waals surface area (Å²) in [6.07, 6.45) is 2.94. The molecule has 1 saturated heterocycles. The lowest BCUT2D eigenvalue weighted by atomic mass is 9.92. The van der Waals surface area contributed by atoms with Gasteiger partial charge in [0.05, 0.1) is 9.82 Å². The van der Waals surface area contributed by atoms with Crippen molar-refractivity contribution in [1.29, 1.82) is 0 Å². The lowest BCUT2D eigenvalue weighted by Crippen LogP contribution is -2.45. The summed E-state index contributed by atoms with van der Waals surface area (Å²) < 4.78 is 0. The quantitative estimate of drug-likeness (QED) is 0.440. The zero-order valence-corrected chi connectivity index (χ0v) is 16.6. The van der Waals surface area contributed by atoms with Crippen LogP contribution >= 0.6 is 11.8 Å². The summed E-state index contributed by atoms with van der Waals surface area (Å²) in [7, 11) is 0. The van der Waals surface area contributed by atoms with Gasteiger partial charge in [0.25, 0.3) is 11.6 Å². The van der Waals surface area contributed by atoms with E-state index in [-0.39, 0.29) is 23.6 Å². The normalized spacial score (nSPS) is 18.8. The van der Waals surface area contributed by atoms with Crippen molar-refractivity contribution in [3.63, 3.8) is 0 Å². The zero-order valence-electron chi connectivity index (χ0n) is 15.8. The second-order valence-electron chi connectivity index (χ2n) is 7.48. The van der Waals surface area contributed by atoms with Gasteiger partial charge in [0.1, 0.15) is 0 Å².